The average molecular weight is 478 g/mol. The Hall–Kier alpha value is -0.110. The standard InChI is InChI=1S/C28H45BrO/c1-17(2)18(3)7-8-19(4)22-9-10-23-21-16-26(30)25-15-20(29)11-13-28(25,6)24(21)12-14-27(22,23)5/h7-8,17-25H,9-16H2,1-6H3. The van der Waals surface area contributed by atoms with Crippen LogP contribution in [-0.2, 0) is 4.79 Å². The molecule has 0 amide bonds. The van der Waals surface area contributed by atoms with E-state index < -0.39 is 0 Å². The molecule has 1 nitrogen and oxygen atoms in total. The maximum absolute atomic E-state index is 13.4. The van der Waals surface area contributed by atoms with E-state index in [1.807, 2.05) is 0 Å². The van der Waals surface area contributed by atoms with Gasteiger partial charge in [0.1, 0.15) is 5.78 Å². The molecule has 4 aliphatic carbocycles. The highest BCUT2D eigenvalue weighted by Crippen LogP contribution is 2.67. The van der Waals surface area contributed by atoms with Gasteiger partial charge < -0.3 is 0 Å². The Morgan fingerprint density at radius 1 is 0.933 bits per heavy atom. The third-order valence-corrected chi connectivity index (χ3v) is 11.7. The van der Waals surface area contributed by atoms with Crippen LogP contribution < -0.4 is 0 Å². The van der Waals surface area contributed by atoms with Crippen molar-refractivity contribution < 1.29 is 4.79 Å². The van der Waals surface area contributed by atoms with Crippen molar-refractivity contribution in [1.82, 2.24) is 0 Å². The first kappa shape index (κ1) is 23.1. The third kappa shape index (κ3) is 3.69. The summed E-state index contributed by atoms with van der Waals surface area (Å²) < 4.78 is 0. The second-order valence-corrected chi connectivity index (χ2v) is 13.8. The van der Waals surface area contributed by atoms with Crippen molar-refractivity contribution in [3.8, 4) is 0 Å². The molecule has 2 heteroatoms. The molecule has 170 valence electrons. The molecule has 4 aliphatic rings. The van der Waals surface area contributed by atoms with Gasteiger partial charge in [-0.05, 0) is 97.2 Å². The summed E-state index contributed by atoms with van der Waals surface area (Å²) in [5.74, 6) is 5.94. The van der Waals surface area contributed by atoms with Crippen molar-refractivity contribution in [2.45, 2.75) is 97.7 Å². The first-order chi connectivity index (χ1) is 14.1. The molecule has 0 aromatic heterocycles. The van der Waals surface area contributed by atoms with Gasteiger partial charge in [0.15, 0.2) is 0 Å². The fraction of sp³-hybridized carbons (Fsp3) is 0.893. The largest absolute Gasteiger partial charge is 0.299 e. The number of ketones is 1. The van der Waals surface area contributed by atoms with Gasteiger partial charge in [0.05, 0.1) is 0 Å². The van der Waals surface area contributed by atoms with E-state index in [4.69, 9.17) is 0 Å². The van der Waals surface area contributed by atoms with Gasteiger partial charge in [0, 0.05) is 17.2 Å². The zero-order valence-corrected chi connectivity index (χ0v) is 21.9. The van der Waals surface area contributed by atoms with E-state index in [0.717, 1.165) is 30.6 Å². The lowest BCUT2D eigenvalue weighted by atomic mass is 9.44. The second-order valence-electron chi connectivity index (χ2n) is 12.6. The van der Waals surface area contributed by atoms with Crippen LogP contribution in [0.25, 0.3) is 0 Å². The van der Waals surface area contributed by atoms with E-state index in [9.17, 15) is 4.79 Å². The molecule has 0 heterocycles. The molecule has 0 aromatic carbocycles. The van der Waals surface area contributed by atoms with Crippen LogP contribution in [0.3, 0.4) is 0 Å². The van der Waals surface area contributed by atoms with E-state index in [1.54, 1.807) is 0 Å². The fourth-order valence-corrected chi connectivity index (χ4v) is 9.21. The predicted octanol–water partition coefficient (Wildman–Crippen LogP) is 8.07. The molecule has 0 aromatic rings. The topological polar surface area (TPSA) is 17.1 Å². The lowest BCUT2D eigenvalue weighted by molar-refractivity contribution is -0.153. The van der Waals surface area contributed by atoms with Crippen molar-refractivity contribution in [1.29, 1.82) is 0 Å². The summed E-state index contributed by atoms with van der Waals surface area (Å²) in [6, 6.07) is 0. The first-order valence-electron chi connectivity index (χ1n) is 12.9. The zero-order chi connectivity index (χ0) is 21.8. The Balaban J connectivity index is 1.54. The molecule has 10 unspecified atom stereocenters. The number of Topliss-reactive ketones (excluding diaryl/α,β-unsaturated/α-hetero) is 1. The van der Waals surface area contributed by atoms with Gasteiger partial charge in [-0.1, -0.05) is 69.6 Å². The number of fused-ring (bicyclic) bond motifs is 5. The predicted molar refractivity (Wildman–Crippen MR) is 131 cm³/mol. The Morgan fingerprint density at radius 2 is 1.60 bits per heavy atom. The minimum Gasteiger partial charge on any atom is -0.299 e. The minimum absolute atomic E-state index is 0.266. The number of rotatable bonds is 4. The van der Waals surface area contributed by atoms with Gasteiger partial charge in [-0.15, -0.1) is 0 Å². The Kier molecular flexibility index (Phi) is 6.42. The van der Waals surface area contributed by atoms with Crippen LogP contribution in [0.15, 0.2) is 12.2 Å². The molecule has 0 spiro atoms. The fourth-order valence-electron chi connectivity index (χ4n) is 8.60. The molecule has 0 radical (unpaired) electrons. The number of hydrogen-bond acceptors (Lipinski definition) is 1. The second kappa shape index (κ2) is 8.35. The SMILES string of the molecule is CC(C)C(C)C=CC(C)C1CCC2C3CC(=O)C4CC(Br)CCC4(C)C3CCC12C. The first-order valence-corrected chi connectivity index (χ1v) is 13.8. The quantitative estimate of drug-likeness (QED) is 0.296. The monoisotopic (exact) mass is 476 g/mol. The van der Waals surface area contributed by atoms with Gasteiger partial charge in [0.25, 0.3) is 0 Å². The van der Waals surface area contributed by atoms with Gasteiger partial charge in [-0.3, -0.25) is 4.79 Å². The smallest absolute Gasteiger partial charge is 0.136 e. The lowest BCUT2D eigenvalue weighted by Gasteiger charge is -2.60. The number of hydrogen-bond donors (Lipinski definition) is 0. The van der Waals surface area contributed by atoms with Crippen LogP contribution in [0.2, 0.25) is 0 Å². The summed E-state index contributed by atoms with van der Waals surface area (Å²) in [4.78, 5) is 13.9. The highest BCUT2D eigenvalue weighted by atomic mass is 79.9. The summed E-state index contributed by atoms with van der Waals surface area (Å²) >= 11 is 3.84. The zero-order valence-electron chi connectivity index (χ0n) is 20.3. The van der Waals surface area contributed by atoms with E-state index in [0.29, 0.717) is 45.6 Å². The van der Waals surface area contributed by atoms with E-state index in [-0.39, 0.29) is 5.41 Å². The minimum atomic E-state index is 0.266. The average Bonchev–Trinajstić information content (AvgIpc) is 3.04. The molecule has 10 atom stereocenters. The molecule has 0 N–H and O–H groups in total. The molecule has 4 fully saturated rings. The van der Waals surface area contributed by atoms with Crippen LogP contribution in [0, 0.1) is 58.2 Å². The molecular formula is C28H45BrO. The Morgan fingerprint density at radius 3 is 2.30 bits per heavy atom. The highest BCUT2D eigenvalue weighted by Gasteiger charge is 2.62. The van der Waals surface area contributed by atoms with Gasteiger partial charge in [-0.2, -0.15) is 0 Å². The summed E-state index contributed by atoms with van der Waals surface area (Å²) in [6.45, 7) is 14.6. The van der Waals surface area contributed by atoms with Crippen LogP contribution >= 0.6 is 15.9 Å². The lowest BCUT2D eigenvalue weighted by Crippen LogP contribution is -2.56. The van der Waals surface area contributed by atoms with E-state index in [1.165, 1.54) is 38.5 Å². The van der Waals surface area contributed by atoms with Crippen LogP contribution in [-0.4, -0.2) is 10.6 Å². The Labute approximate surface area is 194 Å². The summed E-state index contributed by atoms with van der Waals surface area (Å²) in [7, 11) is 0. The summed E-state index contributed by atoms with van der Waals surface area (Å²) in [5, 5.41) is 0. The molecule has 0 bridgehead atoms. The number of alkyl halides is 1. The van der Waals surface area contributed by atoms with Gasteiger partial charge >= 0.3 is 0 Å². The van der Waals surface area contributed by atoms with Crippen molar-refractivity contribution in [2.75, 3.05) is 0 Å². The van der Waals surface area contributed by atoms with Crippen LogP contribution in [0.1, 0.15) is 92.9 Å². The van der Waals surface area contributed by atoms with Crippen molar-refractivity contribution in [3.05, 3.63) is 12.2 Å². The van der Waals surface area contributed by atoms with Crippen LogP contribution in [0.4, 0.5) is 0 Å². The maximum atomic E-state index is 13.4. The van der Waals surface area contributed by atoms with E-state index >= 15 is 0 Å². The summed E-state index contributed by atoms with van der Waals surface area (Å²) in [6.07, 6.45) is 14.9. The van der Waals surface area contributed by atoms with E-state index in [2.05, 4.69) is 69.6 Å². The maximum Gasteiger partial charge on any atom is 0.136 e. The Bertz CT molecular complexity index is 682. The highest BCUT2D eigenvalue weighted by molar-refractivity contribution is 9.09. The van der Waals surface area contributed by atoms with Crippen molar-refractivity contribution in [2.24, 2.45) is 58.2 Å². The number of carbonyl (C=O) groups excluding carboxylic acids is 1. The molecular weight excluding hydrogens is 432 g/mol. The molecule has 4 saturated carbocycles. The summed E-state index contributed by atoms with van der Waals surface area (Å²) in [5.41, 5.74) is 0.698. The normalized spacial score (nSPS) is 48.3. The van der Waals surface area contributed by atoms with Gasteiger partial charge in [0.2, 0.25) is 0 Å². The third-order valence-electron chi connectivity index (χ3n) is 10.9. The van der Waals surface area contributed by atoms with Crippen LogP contribution in [0.5, 0.6) is 0 Å². The molecule has 0 saturated heterocycles. The van der Waals surface area contributed by atoms with Gasteiger partial charge in [-0.25, -0.2) is 0 Å². The molecule has 30 heavy (non-hydrogen) atoms. The van der Waals surface area contributed by atoms with Crippen molar-refractivity contribution in [3.63, 3.8) is 0 Å². The van der Waals surface area contributed by atoms with Crippen molar-refractivity contribution >= 4 is 21.7 Å². The number of halogens is 1. The number of carbonyl (C=O) groups is 1. The molecule has 0 aliphatic heterocycles. The number of allylic oxidation sites excluding steroid dienone is 2. The molecule has 4 rings (SSSR count).